The Balaban J connectivity index is 2.15. The highest BCUT2D eigenvalue weighted by atomic mass is 19.4. The average Bonchev–Trinajstić information content (AvgIpc) is 2.80. The van der Waals surface area contributed by atoms with Crippen molar-refractivity contribution in [2.75, 3.05) is 6.54 Å². The predicted octanol–water partition coefficient (Wildman–Crippen LogP) is 0.971. The van der Waals surface area contributed by atoms with Crippen LogP contribution in [-0.4, -0.2) is 28.4 Å². The fourth-order valence-corrected chi connectivity index (χ4v) is 2.14. The van der Waals surface area contributed by atoms with Crippen LogP contribution in [0.4, 0.5) is 13.2 Å². The highest BCUT2D eigenvalue weighted by Gasteiger charge is 2.29. The van der Waals surface area contributed by atoms with Gasteiger partial charge in [-0.2, -0.15) is 18.3 Å². The zero-order chi connectivity index (χ0) is 14.9. The molecule has 0 radical (unpaired) electrons. The third-order valence-corrected chi connectivity index (χ3v) is 3.19. The third kappa shape index (κ3) is 3.17. The Hall–Kier alpha value is -1.86. The van der Waals surface area contributed by atoms with Crippen molar-refractivity contribution < 1.29 is 18.0 Å². The van der Waals surface area contributed by atoms with E-state index < -0.39 is 30.2 Å². The van der Waals surface area contributed by atoms with Crippen molar-refractivity contribution in [3.05, 3.63) is 27.7 Å². The van der Waals surface area contributed by atoms with Crippen LogP contribution in [0.15, 0.2) is 10.9 Å². The van der Waals surface area contributed by atoms with Crippen LogP contribution in [0.3, 0.4) is 0 Å². The molecule has 0 spiro atoms. The number of fused-ring (bicyclic) bond motifs is 1. The van der Waals surface area contributed by atoms with E-state index in [0.29, 0.717) is 6.42 Å². The Labute approximate surface area is 112 Å². The van der Waals surface area contributed by atoms with E-state index >= 15 is 0 Å². The van der Waals surface area contributed by atoms with Gasteiger partial charge in [0.2, 0.25) is 5.91 Å². The number of aryl methyl sites for hydroxylation is 2. The van der Waals surface area contributed by atoms with Crippen molar-refractivity contribution in [1.29, 1.82) is 0 Å². The van der Waals surface area contributed by atoms with Gasteiger partial charge in [-0.15, -0.1) is 0 Å². The minimum absolute atomic E-state index is 0.472. The Bertz CT molecular complexity index is 580. The summed E-state index contributed by atoms with van der Waals surface area (Å²) in [6, 6.07) is 0.332. The number of carbonyl (C=O) groups is 1. The molecule has 1 N–H and O–H groups in total. The molecule has 110 valence electrons. The Morgan fingerprint density at radius 1 is 1.50 bits per heavy atom. The molecule has 20 heavy (non-hydrogen) atoms. The van der Waals surface area contributed by atoms with E-state index in [1.54, 1.807) is 5.32 Å². The van der Waals surface area contributed by atoms with Crippen molar-refractivity contribution >= 4 is 5.91 Å². The van der Waals surface area contributed by atoms with Crippen LogP contribution in [0.25, 0.3) is 0 Å². The van der Waals surface area contributed by atoms with Crippen LogP contribution in [0.5, 0.6) is 0 Å². The number of nitrogens with one attached hydrogen (secondary N) is 1. The first-order chi connectivity index (χ1) is 9.28. The normalized spacial score (nSPS) is 15.8. The number of hydrogen-bond acceptors (Lipinski definition) is 3. The molecule has 0 fully saturated rings. The maximum atomic E-state index is 12.0. The van der Waals surface area contributed by atoms with Crippen molar-refractivity contribution in [3.63, 3.8) is 0 Å². The highest BCUT2D eigenvalue weighted by Crippen LogP contribution is 2.18. The predicted molar refractivity (Wildman–Crippen MR) is 64.3 cm³/mol. The van der Waals surface area contributed by atoms with Crippen LogP contribution >= 0.6 is 0 Å². The van der Waals surface area contributed by atoms with E-state index in [-0.39, 0.29) is 0 Å². The maximum absolute atomic E-state index is 12.0. The summed E-state index contributed by atoms with van der Waals surface area (Å²) in [5, 5.41) is 5.83. The molecule has 0 bridgehead atoms. The number of halogens is 3. The van der Waals surface area contributed by atoms with Gasteiger partial charge >= 0.3 is 6.18 Å². The molecule has 1 atom stereocenters. The van der Waals surface area contributed by atoms with E-state index in [4.69, 9.17) is 0 Å². The van der Waals surface area contributed by atoms with Crippen LogP contribution in [0.2, 0.25) is 0 Å². The molecule has 2 rings (SSSR count). The molecule has 1 heterocycles. The molecule has 5 nitrogen and oxygen atoms in total. The van der Waals surface area contributed by atoms with Crippen LogP contribution in [-0.2, 0) is 17.6 Å². The van der Waals surface area contributed by atoms with Gasteiger partial charge in [0.25, 0.3) is 5.56 Å². The SMILES string of the molecule is CC(C(=O)NCC(F)(F)F)n1nc2c(cc1=O)CCC2. The van der Waals surface area contributed by atoms with Gasteiger partial charge in [-0.05, 0) is 31.7 Å². The molecule has 0 aliphatic heterocycles. The standard InChI is InChI=1S/C12H14F3N3O2/c1-7(11(20)16-6-12(13,14)15)18-10(19)5-8-3-2-4-9(8)17-18/h5,7H,2-4,6H2,1H3,(H,16,20). The summed E-state index contributed by atoms with van der Waals surface area (Å²) in [4.78, 5) is 23.5. The second-order valence-electron chi connectivity index (χ2n) is 4.76. The van der Waals surface area contributed by atoms with Crippen LogP contribution in [0.1, 0.15) is 30.6 Å². The molecule has 1 amide bonds. The summed E-state index contributed by atoms with van der Waals surface area (Å²) < 4.78 is 37.1. The highest BCUT2D eigenvalue weighted by molar-refractivity contribution is 5.79. The van der Waals surface area contributed by atoms with Crippen molar-refractivity contribution in [1.82, 2.24) is 15.1 Å². The lowest BCUT2D eigenvalue weighted by molar-refractivity contribution is -0.140. The summed E-state index contributed by atoms with van der Waals surface area (Å²) in [6.07, 6.45) is -2.11. The van der Waals surface area contributed by atoms with Crippen LogP contribution < -0.4 is 10.9 Å². The number of amides is 1. The molecule has 1 aromatic rings. The second kappa shape index (κ2) is 5.26. The lowest BCUT2D eigenvalue weighted by Gasteiger charge is -2.15. The number of nitrogens with zero attached hydrogens (tertiary/aromatic N) is 2. The van der Waals surface area contributed by atoms with Gasteiger partial charge in [0.1, 0.15) is 12.6 Å². The smallest absolute Gasteiger partial charge is 0.345 e. The molecular weight excluding hydrogens is 275 g/mol. The number of rotatable bonds is 3. The first kappa shape index (κ1) is 14.5. The second-order valence-corrected chi connectivity index (χ2v) is 4.76. The van der Waals surface area contributed by atoms with Gasteiger partial charge in [-0.3, -0.25) is 9.59 Å². The van der Waals surface area contributed by atoms with E-state index in [9.17, 15) is 22.8 Å². The topological polar surface area (TPSA) is 64.0 Å². The lowest BCUT2D eigenvalue weighted by Crippen LogP contribution is -2.41. The van der Waals surface area contributed by atoms with Gasteiger partial charge in [-0.1, -0.05) is 0 Å². The summed E-state index contributed by atoms with van der Waals surface area (Å²) >= 11 is 0. The maximum Gasteiger partial charge on any atom is 0.405 e. The lowest BCUT2D eigenvalue weighted by atomic mass is 10.2. The van der Waals surface area contributed by atoms with Crippen molar-refractivity contribution in [3.8, 4) is 0 Å². The quantitative estimate of drug-likeness (QED) is 0.902. The van der Waals surface area contributed by atoms with Crippen LogP contribution in [0, 0.1) is 0 Å². The molecule has 0 saturated heterocycles. The Morgan fingerprint density at radius 2 is 2.20 bits per heavy atom. The minimum Gasteiger partial charge on any atom is -0.345 e. The molecule has 1 aromatic heterocycles. The Morgan fingerprint density at radius 3 is 2.85 bits per heavy atom. The molecule has 0 saturated carbocycles. The van der Waals surface area contributed by atoms with Gasteiger partial charge in [0.05, 0.1) is 5.69 Å². The zero-order valence-corrected chi connectivity index (χ0v) is 10.8. The Kier molecular flexibility index (Phi) is 3.82. The van der Waals surface area contributed by atoms with E-state index in [1.165, 1.54) is 13.0 Å². The van der Waals surface area contributed by atoms with E-state index in [2.05, 4.69) is 5.10 Å². The monoisotopic (exact) mass is 289 g/mol. The first-order valence-electron chi connectivity index (χ1n) is 6.24. The molecule has 1 unspecified atom stereocenters. The fourth-order valence-electron chi connectivity index (χ4n) is 2.14. The molecule has 8 heteroatoms. The largest absolute Gasteiger partial charge is 0.405 e. The molecule has 1 aliphatic rings. The fraction of sp³-hybridized carbons (Fsp3) is 0.583. The average molecular weight is 289 g/mol. The summed E-state index contributed by atoms with van der Waals surface area (Å²) in [5.74, 6) is -0.880. The van der Waals surface area contributed by atoms with E-state index in [1.807, 2.05) is 0 Å². The zero-order valence-electron chi connectivity index (χ0n) is 10.8. The molecular formula is C12H14F3N3O2. The van der Waals surface area contributed by atoms with Gasteiger partial charge < -0.3 is 5.32 Å². The summed E-state index contributed by atoms with van der Waals surface area (Å²) in [7, 11) is 0. The first-order valence-corrected chi connectivity index (χ1v) is 6.24. The van der Waals surface area contributed by atoms with Crippen molar-refractivity contribution in [2.24, 2.45) is 0 Å². The van der Waals surface area contributed by atoms with Crippen molar-refractivity contribution in [2.45, 2.75) is 38.4 Å². The number of carbonyl (C=O) groups excluding carboxylic acids is 1. The summed E-state index contributed by atoms with van der Waals surface area (Å²) in [5.41, 5.74) is 1.12. The molecule has 1 aliphatic carbocycles. The number of aromatic nitrogens is 2. The summed E-state index contributed by atoms with van der Waals surface area (Å²) in [6.45, 7) is -0.0721. The minimum atomic E-state index is -4.48. The van der Waals surface area contributed by atoms with Gasteiger partial charge in [0.15, 0.2) is 0 Å². The van der Waals surface area contributed by atoms with Gasteiger partial charge in [-0.25, -0.2) is 4.68 Å². The number of alkyl halides is 3. The molecule has 0 aromatic carbocycles. The number of hydrogen-bond donors (Lipinski definition) is 1. The van der Waals surface area contributed by atoms with Gasteiger partial charge in [0, 0.05) is 6.07 Å². The van der Waals surface area contributed by atoms with E-state index in [0.717, 1.165) is 28.8 Å². The third-order valence-electron chi connectivity index (χ3n) is 3.19.